The number of carbonyl (C=O) groups excluding carboxylic acids is 1. The topological polar surface area (TPSA) is 72.9 Å². The fourth-order valence-corrected chi connectivity index (χ4v) is 2.47. The monoisotopic (exact) mass is 336 g/mol. The van der Waals surface area contributed by atoms with Crippen molar-refractivity contribution in [3.05, 3.63) is 45.7 Å². The van der Waals surface area contributed by atoms with Gasteiger partial charge in [-0.2, -0.15) is 5.10 Å². The maximum absolute atomic E-state index is 12.2. The van der Waals surface area contributed by atoms with Crippen molar-refractivity contribution < 1.29 is 4.79 Å². The first-order valence-electron chi connectivity index (χ1n) is 6.36. The van der Waals surface area contributed by atoms with E-state index in [1.807, 2.05) is 20.2 Å². The van der Waals surface area contributed by atoms with Gasteiger partial charge in [-0.1, -0.05) is 13.0 Å². The highest BCUT2D eigenvalue weighted by molar-refractivity contribution is 9.10. The Bertz CT molecular complexity index is 636. The molecule has 6 heteroatoms. The first-order valence-corrected chi connectivity index (χ1v) is 7.15. The molecule has 0 radical (unpaired) electrons. The standard InChI is InChI=1S/C14H17BrN4O/c1-3-12-9(8-19(2)18-12)7-17-14(20)10-5-4-6-11(16)13(10)15/h4-6,8H,3,7,16H2,1-2H3,(H,17,20). The number of amides is 1. The van der Waals surface area contributed by atoms with Crippen LogP contribution in [0.5, 0.6) is 0 Å². The molecule has 0 aliphatic heterocycles. The van der Waals surface area contributed by atoms with Gasteiger partial charge in [-0.15, -0.1) is 0 Å². The van der Waals surface area contributed by atoms with Crippen molar-refractivity contribution >= 4 is 27.5 Å². The van der Waals surface area contributed by atoms with Gasteiger partial charge in [0.15, 0.2) is 0 Å². The number of aryl methyl sites for hydroxylation is 2. The van der Waals surface area contributed by atoms with Crippen LogP contribution in [0, 0.1) is 0 Å². The Kier molecular flexibility index (Phi) is 4.44. The van der Waals surface area contributed by atoms with Crippen molar-refractivity contribution in [2.24, 2.45) is 7.05 Å². The molecule has 1 aromatic carbocycles. The van der Waals surface area contributed by atoms with Crippen molar-refractivity contribution in [1.29, 1.82) is 0 Å². The molecule has 0 aliphatic rings. The molecule has 0 spiro atoms. The summed E-state index contributed by atoms with van der Waals surface area (Å²) in [5.74, 6) is -0.157. The molecule has 20 heavy (non-hydrogen) atoms. The number of hydrogen-bond donors (Lipinski definition) is 2. The largest absolute Gasteiger partial charge is 0.398 e. The number of benzene rings is 1. The SMILES string of the molecule is CCc1nn(C)cc1CNC(=O)c1cccc(N)c1Br. The summed E-state index contributed by atoms with van der Waals surface area (Å²) in [6.45, 7) is 2.50. The summed E-state index contributed by atoms with van der Waals surface area (Å²) >= 11 is 3.34. The lowest BCUT2D eigenvalue weighted by Gasteiger charge is -2.08. The van der Waals surface area contributed by atoms with Crippen LogP contribution in [0.1, 0.15) is 28.5 Å². The lowest BCUT2D eigenvalue weighted by atomic mass is 10.1. The number of aromatic nitrogens is 2. The molecule has 1 aromatic heterocycles. The summed E-state index contributed by atoms with van der Waals surface area (Å²) in [7, 11) is 1.87. The van der Waals surface area contributed by atoms with Gasteiger partial charge in [-0.05, 0) is 34.5 Å². The van der Waals surface area contributed by atoms with E-state index in [4.69, 9.17) is 5.73 Å². The number of nitrogens with one attached hydrogen (secondary N) is 1. The van der Waals surface area contributed by atoms with Crippen molar-refractivity contribution in [2.75, 3.05) is 5.73 Å². The second-order valence-corrected chi connectivity index (χ2v) is 5.31. The molecule has 2 rings (SSSR count). The zero-order chi connectivity index (χ0) is 14.7. The third kappa shape index (κ3) is 3.01. The molecule has 0 atom stereocenters. The van der Waals surface area contributed by atoms with Crippen LogP contribution in [0.15, 0.2) is 28.9 Å². The maximum Gasteiger partial charge on any atom is 0.252 e. The van der Waals surface area contributed by atoms with Gasteiger partial charge in [0.05, 0.1) is 15.7 Å². The third-order valence-corrected chi connectivity index (χ3v) is 3.92. The molecule has 0 unspecified atom stereocenters. The average Bonchev–Trinajstić information content (AvgIpc) is 2.79. The minimum Gasteiger partial charge on any atom is -0.398 e. The van der Waals surface area contributed by atoms with E-state index in [-0.39, 0.29) is 5.91 Å². The summed E-state index contributed by atoms with van der Waals surface area (Å²) in [6.07, 6.45) is 2.77. The molecule has 106 valence electrons. The number of hydrogen-bond acceptors (Lipinski definition) is 3. The number of carbonyl (C=O) groups is 1. The molecule has 0 saturated carbocycles. The number of nitrogens with two attached hydrogens (primary N) is 1. The van der Waals surface area contributed by atoms with Crippen LogP contribution in [-0.2, 0) is 20.0 Å². The number of nitrogen functional groups attached to an aromatic ring is 1. The highest BCUT2D eigenvalue weighted by atomic mass is 79.9. The third-order valence-electron chi connectivity index (χ3n) is 3.04. The van der Waals surface area contributed by atoms with Gasteiger partial charge >= 0.3 is 0 Å². The number of nitrogens with zero attached hydrogens (tertiary/aromatic N) is 2. The smallest absolute Gasteiger partial charge is 0.252 e. The van der Waals surface area contributed by atoms with Gasteiger partial charge in [0.2, 0.25) is 0 Å². The van der Waals surface area contributed by atoms with Crippen LogP contribution in [0.3, 0.4) is 0 Å². The lowest BCUT2D eigenvalue weighted by molar-refractivity contribution is 0.0950. The Morgan fingerprint density at radius 2 is 2.25 bits per heavy atom. The minimum atomic E-state index is -0.157. The van der Waals surface area contributed by atoms with Gasteiger partial charge in [0.25, 0.3) is 5.91 Å². The average molecular weight is 337 g/mol. The molecular formula is C14H17BrN4O. The number of anilines is 1. The summed E-state index contributed by atoms with van der Waals surface area (Å²) in [5.41, 5.74) is 8.89. The van der Waals surface area contributed by atoms with E-state index >= 15 is 0 Å². The van der Waals surface area contributed by atoms with E-state index in [0.717, 1.165) is 17.7 Å². The second kappa shape index (κ2) is 6.09. The Morgan fingerprint density at radius 1 is 1.50 bits per heavy atom. The van der Waals surface area contributed by atoms with Gasteiger partial charge < -0.3 is 11.1 Å². The van der Waals surface area contributed by atoms with E-state index in [9.17, 15) is 4.79 Å². The lowest BCUT2D eigenvalue weighted by Crippen LogP contribution is -2.23. The predicted octanol–water partition coefficient (Wildman–Crippen LogP) is 2.26. The van der Waals surface area contributed by atoms with Crippen molar-refractivity contribution in [1.82, 2.24) is 15.1 Å². The fraction of sp³-hybridized carbons (Fsp3) is 0.286. The van der Waals surface area contributed by atoms with Crippen LogP contribution in [0.2, 0.25) is 0 Å². The van der Waals surface area contributed by atoms with Gasteiger partial charge in [0.1, 0.15) is 0 Å². The zero-order valence-electron chi connectivity index (χ0n) is 11.5. The van der Waals surface area contributed by atoms with Gasteiger partial charge in [0, 0.05) is 31.0 Å². The molecule has 1 amide bonds. The zero-order valence-corrected chi connectivity index (χ0v) is 13.1. The molecule has 0 fully saturated rings. The molecule has 5 nitrogen and oxygen atoms in total. The van der Waals surface area contributed by atoms with Crippen LogP contribution < -0.4 is 11.1 Å². The quantitative estimate of drug-likeness (QED) is 0.841. The van der Waals surface area contributed by atoms with E-state index < -0.39 is 0 Å². The normalized spacial score (nSPS) is 10.6. The van der Waals surface area contributed by atoms with E-state index in [1.54, 1.807) is 22.9 Å². The van der Waals surface area contributed by atoms with E-state index in [0.29, 0.717) is 22.3 Å². The summed E-state index contributed by atoms with van der Waals surface area (Å²) in [4.78, 5) is 12.2. The molecule has 0 saturated heterocycles. The Hall–Kier alpha value is -1.82. The molecule has 0 aliphatic carbocycles. The minimum absolute atomic E-state index is 0.157. The van der Waals surface area contributed by atoms with E-state index in [1.165, 1.54) is 0 Å². The second-order valence-electron chi connectivity index (χ2n) is 4.52. The van der Waals surface area contributed by atoms with Gasteiger partial charge in [-0.25, -0.2) is 0 Å². The van der Waals surface area contributed by atoms with Crippen LogP contribution in [0.4, 0.5) is 5.69 Å². The Balaban J connectivity index is 2.10. The van der Waals surface area contributed by atoms with Crippen LogP contribution in [0.25, 0.3) is 0 Å². The molecule has 0 bridgehead atoms. The fourth-order valence-electron chi connectivity index (χ4n) is 2.02. The van der Waals surface area contributed by atoms with Crippen molar-refractivity contribution in [3.8, 4) is 0 Å². The number of rotatable bonds is 4. The summed E-state index contributed by atoms with van der Waals surface area (Å²) in [6, 6.07) is 5.24. The summed E-state index contributed by atoms with van der Waals surface area (Å²) in [5, 5.41) is 7.24. The number of halogens is 1. The molecular weight excluding hydrogens is 320 g/mol. The molecule has 1 heterocycles. The van der Waals surface area contributed by atoms with Crippen LogP contribution >= 0.6 is 15.9 Å². The van der Waals surface area contributed by atoms with Gasteiger partial charge in [-0.3, -0.25) is 9.48 Å². The first kappa shape index (κ1) is 14.6. The molecule has 3 N–H and O–H groups in total. The van der Waals surface area contributed by atoms with Crippen molar-refractivity contribution in [2.45, 2.75) is 19.9 Å². The maximum atomic E-state index is 12.2. The molecule has 2 aromatic rings. The Labute approximate surface area is 126 Å². The summed E-state index contributed by atoms with van der Waals surface area (Å²) < 4.78 is 2.39. The highest BCUT2D eigenvalue weighted by Gasteiger charge is 2.13. The predicted molar refractivity (Wildman–Crippen MR) is 82.3 cm³/mol. The Morgan fingerprint density at radius 3 is 2.95 bits per heavy atom. The first-order chi connectivity index (χ1) is 9.52. The van der Waals surface area contributed by atoms with Crippen LogP contribution in [-0.4, -0.2) is 15.7 Å². The van der Waals surface area contributed by atoms with Crippen molar-refractivity contribution in [3.63, 3.8) is 0 Å². The highest BCUT2D eigenvalue weighted by Crippen LogP contribution is 2.23. The van der Waals surface area contributed by atoms with E-state index in [2.05, 4.69) is 26.3 Å².